The molecule has 2 amide bonds. The van der Waals surface area contributed by atoms with E-state index in [1.165, 1.54) is 21.3 Å². The first-order valence-corrected chi connectivity index (χ1v) is 11.9. The van der Waals surface area contributed by atoms with Crippen LogP contribution in [-0.4, -0.2) is 32.4 Å². The van der Waals surface area contributed by atoms with Gasteiger partial charge in [-0.25, -0.2) is 9.78 Å². The molecule has 174 valence electrons. The summed E-state index contributed by atoms with van der Waals surface area (Å²) >= 11 is 2.26. The number of anilines is 1. The lowest BCUT2D eigenvalue weighted by Crippen LogP contribution is -2.32. The normalized spacial score (nSPS) is 11.1. The molecule has 0 aliphatic heterocycles. The Morgan fingerprint density at radius 3 is 2.50 bits per heavy atom. The molecule has 4 rings (SSSR count). The number of amides is 2. The van der Waals surface area contributed by atoms with Crippen LogP contribution in [0.5, 0.6) is 0 Å². The number of hydrogen-bond acceptors (Lipinski definition) is 7. The highest BCUT2D eigenvalue weighted by molar-refractivity contribution is 7.20. The molecule has 1 aromatic carbocycles. The molecule has 3 heterocycles. The van der Waals surface area contributed by atoms with Gasteiger partial charge in [0.1, 0.15) is 22.2 Å². The Kier molecular flexibility index (Phi) is 6.31. The molecule has 0 atom stereocenters. The second-order valence-corrected chi connectivity index (χ2v) is 9.69. The Morgan fingerprint density at radius 2 is 1.88 bits per heavy atom. The minimum Gasteiger partial charge on any atom is -0.478 e. The lowest BCUT2D eigenvalue weighted by Gasteiger charge is -2.15. The number of nitrogens with two attached hydrogens (primary N) is 1. The van der Waals surface area contributed by atoms with Crippen molar-refractivity contribution in [3.05, 3.63) is 69.1 Å². The number of nitrogens with one attached hydrogen (secondary N) is 1. The third-order valence-corrected chi connectivity index (χ3v) is 7.05. The molecule has 0 spiro atoms. The SMILES string of the molecule is CC(C)c1nc2scc(C(=O)O)c2c(=O)n1CC(=O)Nc1sc(-c2ccccc2)cc1C(N)=O. The summed E-state index contributed by atoms with van der Waals surface area (Å²) in [4.78, 5) is 55.2. The van der Waals surface area contributed by atoms with E-state index in [4.69, 9.17) is 5.73 Å². The zero-order valence-corrected chi connectivity index (χ0v) is 19.8. The number of carbonyl (C=O) groups excluding carboxylic acids is 2. The number of benzene rings is 1. The van der Waals surface area contributed by atoms with Crippen LogP contribution in [0.2, 0.25) is 0 Å². The molecule has 0 aliphatic rings. The van der Waals surface area contributed by atoms with Crippen LogP contribution in [0.25, 0.3) is 20.7 Å². The number of primary amides is 1. The van der Waals surface area contributed by atoms with Crippen LogP contribution in [0.4, 0.5) is 5.00 Å². The van der Waals surface area contributed by atoms with Gasteiger partial charge in [-0.3, -0.25) is 19.0 Å². The van der Waals surface area contributed by atoms with Gasteiger partial charge < -0.3 is 16.2 Å². The number of thiophene rings is 2. The summed E-state index contributed by atoms with van der Waals surface area (Å²) in [5, 5.41) is 13.7. The Bertz CT molecular complexity index is 1480. The van der Waals surface area contributed by atoms with Crippen LogP contribution in [0.3, 0.4) is 0 Å². The second-order valence-electron chi connectivity index (χ2n) is 7.78. The van der Waals surface area contributed by atoms with Gasteiger partial charge in [-0.1, -0.05) is 44.2 Å². The molecular weight excluding hydrogens is 476 g/mol. The van der Waals surface area contributed by atoms with E-state index in [9.17, 15) is 24.3 Å². The zero-order chi connectivity index (χ0) is 24.6. The molecule has 0 saturated heterocycles. The molecule has 0 radical (unpaired) electrons. The van der Waals surface area contributed by atoms with Gasteiger partial charge in [-0.05, 0) is 11.6 Å². The molecule has 3 aromatic heterocycles. The van der Waals surface area contributed by atoms with Crippen molar-refractivity contribution in [2.45, 2.75) is 26.3 Å². The molecule has 9 nitrogen and oxygen atoms in total. The fourth-order valence-corrected chi connectivity index (χ4v) is 5.51. The zero-order valence-electron chi connectivity index (χ0n) is 18.2. The first kappa shape index (κ1) is 23.3. The molecular formula is C23H20N4O5S2. The number of hydrogen-bond donors (Lipinski definition) is 3. The van der Waals surface area contributed by atoms with Crippen molar-refractivity contribution in [1.82, 2.24) is 9.55 Å². The van der Waals surface area contributed by atoms with E-state index in [-0.39, 0.29) is 27.4 Å². The van der Waals surface area contributed by atoms with Gasteiger partial charge in [0.2, 0.25) is 5.91 Å². The van der Waals surface area contributed by atoms with Crippen molar-refractivity contribution < 1.29 is 19.5 Å². The fourth-order valence-electron chi connectivity index (χ4n) is 3.51. The van der Waals surface area contributed by atoms with Crippen LogP contribution in [0.15, 0.2) is 46.6 Å². The molecule has 0 bridgehead atoms. The summed E-state index contributed by atoms with van der Waals surface area (Å²) in [5.74, 6) is -2.34. The minimum absolute atomic E-state index is 0.0324. The third-order valence-electron chi connectivity index (χ3n) is 5.08. The third kappa shape index (κ3) is 4.35. The van der Waals surface area contributed by atoms with Crippen LogP contribution in [0, 0.1) is 0 Å². The average Bonchev–Trinajstić information content (AvgIpc) is 3.41. The number of aromatic nitrogens is 2. The van der Waals surface area contributed by atoms with Gasteiger partial charge >= 0.3 is 5.97 Å². The topological polar surface area (TPSA) is 144 Å². The summed E-state index contributed by atoms with van der Waals surface area (Å²) in [7, 11) is 0. The first-order valence-electron chi connectivity index (χ1n) is 10.2. The Hall–Kier alpha value is -3.83. The van der Waals surface area contributed by atoms with E-state index < -0.39 is 29.9 Å². The predicted octanol–water partition coefficient (Wildman–Crippen LogP) is 3.75. The van der Waals surface area contributed by atoms with Gasteiger partial charge in [-0.2, -0.15) is 0 Å². The monoisotopic (exact) mass is 496 g/mol. The smallest absolute Gasteiger partial charge is 0.337 e. The van der Waals surface area contributed by atoms with E-state index in [0.29, 0.717) is 10.7 Å². The standard InChI is InChI=1S/C23H20N4O5S2/c1-11(2)19-26-21-17(14(10-33-21)23(31)32)22(30)27(19)9-16(28)25-20-13(18(24)29)8-15(34-20)12-6-4-3-5-7-12/h3-8,10-11H,9H2,1-2H3,(H2,24,29)(H,25,28)(H,31,32). The van der Waals surface area contributed by atoms with Gasteiger partial charge in [0.25, 0.3) is 11.5 Å². The molecule has 11 heteroatoms. The number of carboxylic acid groups (broad SMARTS) is 1. The number of nitrogens with zero attached hydrogens (tertiary/aromatic N) is 2. The maximum absolute atomic E-state index is 13.2. The lowest BCUT2D eigenvalue weighted by molar-refractivity contribution is -0.116. The highest BCUT2D eigenvalue weighted by Crippen LogP contribution is 2.35. The molecule has 0 aliphatic carbocycles. The maximum atomic E-state index is 13.2. The van der Waals surface area contributed by atoms with E-state index >= 15 is 0 Å². The van der Waals surface area contributed by atoms with Crippen molar-refractivity contribution >= 4 is 55.7 Å². The van der Waals surface area contributed by atoms with Gasteiger partial charge in [0, 0.05) is 16.2 Å². The fraction of sp³-hybridized carbons (Fsp3) is 0.174. The predicted molar refractivity (Wildman–Crippen MR) is 132 cm³/mol. The van der Waals surface area contributed by atoms with Crippen molar-refractivity contribution in [1.29, 1.82) is 0 Å². The van der Waals surface area contributed by atoms with Crippen LogP contribution in [0.1, 0.15) is 46.3 Å². The van der Waals surface area contributed by atoms with Crippen molar-refractivity contribution in [3.8, 4) is 10.4 Å². The largest absolute Gasteiger partial charge is 0.478 e. The van der Waals surface area contributed by atoms with Gasteiger partial charge in [0.05, 0.1) is 16.5 Å². The second kappa shape index (κ2) is 9.20. The van der Waals surface area contributed by atoms with E-state index in [0.717, 1.165) is 21.8 Å². The van der Waals surface area contributed by atoms with Crippen LogP contribution in [-0.2, 0) is 11.3 Å². The molecule has 34 heavy (non-hydrogen) atoms. The number of rotatable bonds is 7. The van der Waals surface area contributed by atoms with E-state index in [1.54, 1.807) is 6.07 Å². The summed E-state index contributed by atoms with van der Waals surface area (Å²) in [5.41, 5.74) is 5.79. The lowest BCUT2D eigenvalue weighted by atomic mass is 10.1. The van der Waals surface area contributed by atoms with Gasteiger partial charge in [-0.15, -0.1) is 22.7 Å². The molecule has 4 N–H and O–H groups in total. The molecule has 0 saturated carbocycles. The molecule has 4 aromatic rings. The highest BCUT2D eigenvalue weighted by atomic mass is 32.1. The molecule has 0 unspecified atom stereocenters. The number of carboxylic acids is 1. The quantitative estimate of drug-likeness (QED) is 0.355. The van der Waals surface area contributed by atoms with Crippen molar-refractivity contribution in [2.75, 3.05) is 5.32 Å². The summed E-state index contributed by atoms with van der Waals surface area (Å²) in [6.45, 7) is 3.25. The number of aromatic carboxylic acids is 1. The van der Waals surface area contributed by atoms with Crippen LogP contribution < -0.4 is 16.6 Å². The summed E-state index contributed by atoms with van der Waals surface area (Å²) < 4.78 is 1.18. The number of fused-ring (bicyclic) bond motifs is 1. The minimum atomic E-state index is -1.24. The summed E-state index contributed by atoms with van der Waals surface area (Å²) in [6.07, 6.45) is 0. The Labute approximate surface area is 201 Å². The highest BCUT2D eigenvalue weighted by Gasteiger charge is 2.23. The van der Waals surface area contributed by atoms with Crippen molar-refractivity contribution in [2.24, 2.45) is 5.73 Å². The Morgan fingerprint density at radius 1 is 1.18 bits per heavy atom. The van der Waals surface area contributed by atoms with Crippen molar-refractivity contribution in [3.63, 3.8) is 0 Å². The van der Waals surface area contributed by atoms with E-state index in [2.05, 4.69) is 10.3 Å². The average molecular weight is 497 g/mol. The number of carbonyl (C=O) groups is 3. The Balaban J connectivity index is 1.71. The van der Waals surface area contributed by atoms with Crippen LogP contribution >= 0.6 is 22.7 Å². The summed E-state index contributed by atoms with van der Waals surface area (Å²) in [6, 6.07) is 10.9. The van der Waals surface area contributed by atoms with Gasteiger partial charge in [0.15, 0.2) is 0 Å². The molecule has 0 fully saturated rings. The first-order chi connectivity index (χ1) is 16.2. The van der Waals surface area contributed by atoms with E-state index in [1.807, 2.05) is 44.2 Å². The maximum Gasteiger partial charge on any atom is 0.337 e.